The molecule has 9 heteroatoms. The molecular formula is C29H32O8S. The lowest BCUT2D eigenvalue weighted by Gasteiger charge is -2.14. The van der Waals surface area contributed by atoms with E-state index in [2.05, 4.69) is 0 Å². The number of methoxy groups -OCH3 is 4. The first-order valence-electron chi connectivity index (χ1n) is 12.3. The van der Waals surface area contributed by atoms with Gasteiger partial charge in [0.15, 0.2) is 28.8 Å². The molecule has 8 nitrogen and oxygen atoms in total. The van der Waals surface area contributed by atoms with Crippen molar-refractivity contribution in [3.63, 3.8) is 0 Å². The summed E-state index contributed by atoms with van der Waals surface area (Å²) in [5.74, 6) is 2.28. The zero-order chi connectivity index (χ0) is 27.4. The van der Waals surface area contributed by atoms with E-state index in [-0.39, 0.29) is 18.3 Å². The summed E-state index contributed by atoms with van der Waals surface area (Å²) in [4.78, 5) is 14.9. The van der Waals surface area contributed by atoms with Gasteiger partial charge in [0, 0.05) is 39.3 Å². The van der Waals surface area contributed by atoms with Crippen molar-refractivity contribution < 1.29 is 38.3 Å². The molecule has 202 valence electrons. The van der Waals surface area contributed by atoms with Crippen LogP contribution in [-0.2, 0) is 4.74 Å². The van der Waals surface area contributed by atoms with Crippen molar-refractivity contribution in [2.24, 2.45) is 0 Å². The van der Waals surface area contributed by atoms with E-state index in [1.165, 1.54) is 32.7 Å². The minimum absolute atomic E-state index is 0.124. The summed E-state index contributed by atoms with van der Waals surface area (Å²) in [6, 6.07) is 7.00. The highest BCUT2D eigenvalue weighted by Gasteiger charge is 2.28. The van der Waals surface area contributed by atoms with E-state index in [0.29, 0.717) is 52.7 Å². The third kappa shape index (κ3) is 4.91. The normalized spacial score (nSPS) is 16.1. The predicted octanol–water partition coefficient (Wildman–Crippen LogP) is 6.55. The molecule has 1 atom stereocenters. The Labute approximate surface area is 226 Å². The van der Waals surface area contributed by atoms with Crippen LogP contribution in [0.15, 0.2) is 42.2 Å². The maximum absolute atomic E-state index is 14.2. The van der Waals surface area contributed by atoms with Gasteiger partial charge in [0.1, 0.15) is 11.9 Å². The van der Waals surface area contributed by atoms with Gasteiger partial charge < -0.3 is 33.5 Å². The molecule has 5 rings (SSSR count). The molecule has 1 unspecified atom stereocenters. The zero-order valence-electron chi connectivity index (χ0n) is 22.4. The Morgan fingerprint density at radius 2 is 1.63 bits per heavy atom. The number of carbonyl (C=O) groups excluding carboxylic acids is 1. The van der Waals surface area contributed by atoms with Crippen LogP contribution < -0.4 is 23.7 Å². The van der Waals surface area contributed by atoms with E-state index >= 15 is 0 Å². The largest absolute Gasteiger partial charge is 0.510 e. The van der Waals surface area contributed by atoms with Gasteiger partial charge in [-0.05, 0) is 42.7 Å². The number of rotatable bonds is 7. The minimum atomic E-state index is -0.395. The Bertz CT molecular complexity index is 1380. The summed E-state index contributed by atoms with van der Waals surface area (Å²) in [6.07, 6.45) is 4.63. The van der Waals surface area contributed by atoms with Crippen molar-refractivity contribution in [2.75, 3.05) is 35.2 Å². The number of aliphatic hydroxyl groups is 1. The number of ketones is 1. The molecule has 1 aromatic heterocycles. The number of thiophene rings is 1. The second-order valence-corrected chi connectivity index (χ2v) is 9.33. The Balaban J connectivity index is 0.00000164. The van der Waals surface area contributed by atoms with Crippen molar-refractivity contribution in [1.82, 2.24) is 0 Å². The average Bonchev–Trinajstić information content (AvgIpc) is 3.51. The summed E-state index contributed by atoms with van der Waals surface area (Å²) in [5, 5.41) is 11.4. The monoisotopic (exact) mass is 540 g/mol. The molecule has 0 fully saturated rings. The van der Waals surface area contributed by atoms with Crippen LogP contribution in [0.1, 0.15) is 47.5 Å². The van der Waals surface area contributed by atoms with Gasteiger partial charge in [-0.3, -0.25) is 4.79 Å². The van der Waals surface area contributed by atoms with Crippen LogP contribution in [0.4, 0.5) is 0 Å². The third-order valence-corrected chi connectivity index (χ3v) is 7.51. The Kier molecular flexibility index (Phi) is 8.48. The third-order valence-electron chi connectivity index (χ3n) is 6.31. The topological polar surface area (TPSA) is 92.7 Å². The van der Waals surface area contributed by atoms with Crippen LogP contribution in [0.25, 0.3) is 15.7 Å². The van der Waals surface area contributed by atoms with Gasteiger partial charge in [-0.1, -0.05) is 19.9 Å². The number of aliphatic hydroxyl groups excluding tert-OH is 1. The van der Waals surface area contributed by atoms with Crippen molar-refractivity contribution in [2.45, 2.75) is 32.8 Å². The number of allylic oxidation sites excluding steroid dienone is 3. The Morgan fingerprint density at radius 3 is 2.24 bits per heavy atom. The second kappa shape index (κ2) is 11.8. The first-order chi connectivity index (χ1) is 18.5. The Morgan fingerprint density at radius 1 is 0.974 bits per heavy atom. The number of hydrogen-bond donors (Lipinski definition) is 1. The maximum atomic E-state index is 14.2. The maximum Gasteiger partial charge on any atom is 0.231 e. The first kappa shape index (κ1) is 27.3. The predicted molar refractivity (Wildman–Crippen MR) is 148 cm³/mol. The fourth-order valence-electron chi connectivity index (χ4n) is 4.52. The highest BCUT2D eigenvalue weighted by Crippen LogP contribution is 2.46. The van der Waals surface area contributed by atoms with Gasteiger partial charge >= 0.3 is 0 Å². The summed E-state index contributed by atoms with van der Waals surface area (Å²) in [5.41, 5.74) is 1.63. The summed E-state index contributed by atoms with van der Waals surface area (Å²) < 4.78 is 33.8. The van der Waals surface area contributed by atoms with Crippen LogP contribution in [0, 0.1) is 0 Å². The number of benzene rings is 2. The van der Waals surface area contributed by atoms with E-state index in [1.54, 1.807) is 25.3 Å². The molecule has 0 saturated heterocycles. The Hall–Kier alpha value is -3.69. The molecule has 0 saturated carbocycles. The fourth-order valence-corrected chi connectivity index (χ4v) is 5.74. The van der Waals surface area contributed by atoms with Gasteiger partial charge in [0.05, 0.1) is 21.3 Å². The van der Waals surface area contributed by atoms with Crippen LogP contribution in [-0.4, -0.2) is 52.2 Å². The van der Waals surface area contributed by atoms with Gasteiger partial charge in [-0.2, -0.15) is 0 Å². The molecule has 0 radical (unpaired) electrons. The lowest BCUT2D eigenvalue weighted by Crippen LogP contribution is -2.12. The van der Waals surface area contributed by atoms with E-state index < -0.39 is 6.10 Å². The van der Waals surface area contributed by atoms with E-state index in [9.17, 15) is 9.90 Å². The summed E-state index contributed by atoms with van der Waals surface area (Å²) >= 11 is 1.46. The number of hydrogen-bond acceptors (Lipinski definition) is 9. The van der Waals surface area contributed by atoms with Crippen molar-refractivity contribution in [3.05, 3.63) is 58.2 Å². The average molecular weight is 541 g/mol. The van der Waals surface area contributed by atoms with Crippen LogP contribution in [0.2, 0.25) is 0 Å². The highest BCUT2D eigenvalue weighted by atomic mass is 32.1. The fraction of sp³-hybridized carbons (Fsp3) is 0.345. The molecule has 3 aromatic rings. The van der Waals surface area contributed by atoms with Crippen molar-refractivity contribution >= 4 is 32.8 Å². The molecule has 2 aromatic carbocycles. The van der Waals surface area contributed by atoms with Gasteiger partial charge in [-0.25, -0.2) is 0 Å². The minimum Gasteiger partial charge on any atom is -0.510 e. The second-order valence-electron chi connectivity index (χ2n) is 8.28. The van der Waals surface area contributed by atoms with E-state index in [1.807, 2.05) is 32.1 Å². The molecule has 0 amide bonds. The van der Waals surface area contributed by atoms with Crippen molar-refractivity contribution in [1.29, 1.82) is 0 Å². The first-order valence-corrected chi connectivity index (χ1v) is 13.1. The lowest BCUT2D eigenvalue weighted by atomic mass is 9.96. The quantitative estimate of drug-likeness (QED) is 0.338. The lowest BCUT2D eigenvalue weighted by molar-refractivity contribution is 0.0883. The molecule has 1 aliphatic carbocycles. The standard InChI is InChI=1S/C27H26O8S.C2H6/c1-30-18-7-5-6-14(8-17(18)28)27-24(16-11-19-20(35-13-34-19)12-23(16)36-27)25(29)15-9-21(31-2)26(33-4)22(10-15)32-3;1-2/h6,8-12,18,28H,5,7,13H2,1-4H3;1-2H3. The summed E-state index contributed by atoms with van der Waals surface area (Å²) in [7, 11) is 6.10. The molecule has 2 aliphatic rings. The van der Waals surface area contributed by atoms with E-state index in [4.69, 9.17) is 28.4 Å². The zero-order valence-corrected chi connectivity index (χ0v) is 23.2. The molecule has 1 N–H and O–H groups in total. The molecule has 0 spiro atoms. The molecule has 1 aliphatic heterocycles. The summed E-state index contributed by atoms with van der Waals surface area (Å²) in [6.45, 7) is 4.13. The molecule has 0 bridgehead atoms. The molecular weight excluding hydrogens is 508 g/mol. The molecule has 38 heavy (non-hydrogen) atoms. The van der Waals surface area contributed by atoms with Gasteiger partial charge in [0.2, 0.25) is 12.5 Å². The number of fused-ring (bicyclic) bond motifs is 2. The molecule has 2 heterocycles. The van der Waals surface area contributed by atoms with Gasteiger partial charge in [0.25, 0.3) is 0 Å². The van der Waals surface area contributed by atoms with E-state index in [0.717, 1.165) is 20.5 Å². The number of carbonyl (C=O) groups is 1. The smallest absolute Gasteiger partial charge is 0.231 e. The van der Waals surface area contributed by atoms with Crippen LogP contribution >= 0.6 is 11.3 Å². The van der Waals surface area contributed by atoms with Crippen molar-refractivity contribution in [3.8, 4) is 28.7 Å². The SMILES string of the molecule is CC.COc1cc(C(=O)c2c(C3=CCCC(OC)C(O)=C3)sc3cc4c(cc23)OCO4)cc(OC)c1OC. The highest BCUT2D eigenvalue weighted by molar-refractivity contribution is 7.20. The van der Waals surface area contributed by atoms with Crippen LogP contribution in [0.3, 0.4) is 0 Å². The number of ether oxygens (including phenoxy) is 6. The van der Waals surface area contributed by atoms with Crippen LogP contribution in [0.5, 0.6) is 28.7 Å². The van der Waals surface area contributed by atoms with Gasteiger partial charge in [-0.15, -0.1) is 11.3 Å².